The molecule has 0 aliphatic carbocycles. The number of carboxylic acids is 1. The standard InChI is InChI=1S/C18H31NO5/c1-2-3-4-7-12-24-18(22)16(15-17(20)21)8-5-6-9-19-10-13-23-14-11-19/h15H,2-14H2,1H3,(H,20,21)/b16-15+. The fourth-order valence-electron chi connectivity index (χ4n) is 2.64. The molecule has 0 bridgehead atoms. The number of esters is 1. The number of carbonyl (C=O) groups excluding carboxylic acids is 1. The zero-order valence-corrected chi connectivity index (χ0v) is 14.8. The first-order chi connectivity index (χ1) is 11.6. The Kier molecular flexibility index (Phi) is 11.1. The number of nitrogens with zero attached hydrogens (tertiary/aromatic N) is 1. The van der Waals surface area contributed by atoms with Crippen molar-refractivity contribution in [1.29, 1.82) is 0 Å². The molecule has 0 aromatic carbocycles. The zero-order chi connectivity index (χ0) is 17.6. The molecular weight excluding hydrogens is 310 g/mol. The summed E-state index contributed by atoms with van der Waals surface area (Å²) in [6, 6.07) is 0. The Hall–Kier alpha value is -1.40. The molecule has 0 atom stereocenters. The lowest BCUT2D eigenvalue weighted by molar-refractivity contribution is -0.140. The van der Waals surface area contributed by atoms with Crippen molar-refractivity contribution in [2.75, 3.05) is 39.5 Å². The third-order valence-corrected chi connectivity index (χ3v) is 4.07. The van der Waals surface area contributed by atoms with E-state index in [1.807, 2.05) is 0 Å². The van der Waals surface area contributed by atoms with Gasteiger partial charge in [-0.25, -0.2) is 9.59 Å². The first-order valence-corrected chi connectivity index (χ1v) is 9.04. The minimum absolute atomic E-state index is 0.264. The van der Waals surface area contributed by atoms with Gasteiger partial charge in [-0.2, -0.15) is 0 Å². The molecule has 24 heavy (non-hydrogen) atoms. The van der Waals surface area contributed by atoms with Crippen molar-refractivity contribution in [3.63, 3.8) is 0 Å². The van der Waals surface area contributed by atoms with Gasteiger partial charge in [-0.3, -0.25) is 4.90 Å². The fraction of sp³-hybridized carbons (Fsp3) is 0.778. The van der Waals surface area contributed by atoms with Crippen molar-refractivity contribution in [2.45, 2.75) is 51.9 Å². The number of carbonyl (C=O) groups is 2. The Morgan fingerprint density at radius 2 is 1.88 bits per heavy atom. The molecule has 1 aliphatic heterocycles. The van der Waals surface area contributed by atoms with E-state index in [2.05, 4.69) is 11.8 Å². The van der Waals surface area contributed by atoms with Gasteiger partial charge >= 0.3 is 11.9 Å². The van der Waals surface area contributed by atoms with E-state index in [1.165, 1.54) is 0 Å². The minimum Gasteiger partial charge on any atom is -0.478 e. The quantitative estimate of drug-likeness (QED) is 0.334. The Morgan fingerprint density at radius 1 is 1.12 bits per heavy atom. The van der Waals surface area contributed by atoms with E-state index in [0.29, 0.717) is 13.0 Å². The summed E-state index contributed by atoms with van der Waals surface area (Å²) in [5.74, 6) is -1.58. The highest BCUT2D eigenvalue weighted by Gasteiger charge is 2.14. The van der Waals surface area contributed by atoms with Crippen molar-refractivity contribution in [1.82, 2.24) is 4.90 Å². The number of unbranched alkanes of at least 4 members (excludes halogenated alkanes) is 4. The summed E-state index contributed by atoms with van der Waals surface area (Å²) in [4.78, 5) is 25.3. The average Bonchev–Trinajstić information content (AvgIpc) is 2.58. The molecular formula is C18H31NO5. The van der Waals surface area contributed by atoms with Crippen LogP contribution in [0.4, 0.5) is 0 Å². The zero-order valence-electron chi connectivity index (χ0n) is 14.8. The molecule has 138 valence electrons. The summed E-state index contributed by atoms with van der Waals surface area (Å²) in [5, 5.41) is 8.93. The lowest BCUT2D eigenvalue weighted by Gasteiger charge is -2.26. The average molecular weight is 341 g/mol. The first kappa shape index (κ1) is 20.6. The van der Waals surface area contributed by atoms with Gasteiger partial charge in [0.25, 0.3) is 0 Å². The van der Waals surface area contributed by atoms with Gasteiger partial charge in [-0.05, 0) is 32.2 Å². The van der Waals surface area contributed by atoms with E-state index in [-0.39, 0.29) is 5.57 Å². The van der Waals surface area contributed by atoms with Crippen LogP contribution in [0.15, 0.2) is 11.6 Å². The summed E-state index contributed by atoms with van der Waals surface area (Å²) in [6.45, 7) is 6.87. The topological polar surface area (TPSA) is 76.1 Å². The van der Waals surface area contributed by atoms with Gasteiger partial charge < -0.3 is 14.6 Å². The van der Waals surface area contributed by atoms with Crippen LogP contribution in [0, 0.1) is 0 Å². The van der Waals surface area contributed by atoms with Crippen LogP contribution < -0.4 is 0 Å². The molecule has 0 spiro atoms. The molecule has 6 nitrogen and oxygen atoms in total. The lowest BCUT2D eigenvalue weighted by atomic mass is 10.1. The number of rotatable bonds is 12. The van der Waals surface area contributed by atoms with Crippen molar-refractivity contribution < 1.29 is 24.2 Å². The normalized spacial score (nSPS) is 16.1. The SMILES string of the molecule is CCCCCCOC(=O)/C(=C/C(=O)O)CCCCN1CCOCC1. The van der Waals surface area contributed by atoms with Gasteiger partial charge in [0.05, 0.1) is 19.8 Å². The van der Waals surface area contributed by atoms with E-state index >= 15 is 0 Å². The molecule has 0 amide bonds. The van der Waals surface area contributed by atoms with Gasteiger partial charge in [0.2, 0.25) is 0 Å². The third-order valence-electron chi connectivity index (χ3n) is 4.07. The van der Waals surface area contributed by atoms with Crippen LogP contribution in [0.5, 0.6) is 0 Å². The summed E-state index contributed by atoms with van der Waals surface area (Å²) < 4.78 is 10.5. The predicted octanol–water partition coefficient (Wildman–Crippen LogP) is 2.62. The van der Waals surface area contributed by atoms with Crippen LogP contribution in [0.25, 0.3) is 0 Å². The second-order valence-electron chi connectivity index (χ2n) is 6.12. The monoisotopic (exact) mass is 341 g/mol. The Labute approximate surface area is 144 Å². The van der Waals surface area contributed by atoms with E-state index in [4.69, 9.17) is 14.6 Å². The van der Waals surface area contributed by atoms with E-state index in [1.54, 1.807) is 0 Å². The van der Waals surface area contributed by atoms with Crippen molar-refractivity contribution in [3.8, 4) is 0 Å². The number of morpholine rings is 1. The molecule has 1 fully saturated rings. The number of aliphatic carboxylic acids is 1. The highest BCUT2D eigenvalue weighted by Crippen LogP contribution is 2.12. The molecule has 0 aromatic heterocycles. The smallest absolute Gasteiger partial charge is 0.334 e. The van der Waals surface area contributed by atoms with Gasteiger partial charge in [0.15, 0.2) is 0 Å². The van der Waals surface area contributed by atoms with Crippen molar-refractivity contribution >= 4 is 11.9 Å². The third kappa shape index (κ3) is 9.67. The molecule has 1 heterocycles. The summed E-state index contributed by atoms with van der Waals surface area (Å²) in [5.41, 5.74) is 0.264. The molecule has 0 radical (unpaired) electrons. The number of hydrogen-bond donors (Lipinski definition) is 1. The van der Waals surface area contributed by atoms with Crippen molar-refractivity contribution in [2.24, 2.45) is 0 Å². The highest BCUT2D eigenvalue weighted by atomic mass is 16.5. The maximum absolute atomic E-state index is 12.0. The van der Waals surface area contributed by atoms with E-state index in [9.17, 15) is 9.59 Å². The molecule has 1 N–H and O–H groups in total. The second kappa shape index (κ2) is 13.0. The van der Waals surface area contributed by atoms with Crippen LogP contribution in [0.2, 0.25) is 0 Å². The molecule has 1 saturated heterocycles. The maximum atomic E-state index is 12.0. The van der Waals surface area contributed by atoms with Crippen LogP contribution in [0.3, 0.4) is 0 Å². The van der Waals surface area contributed by atoms with Crippen LogP contribution in [-0.4, -0.2) is 61.4 Å². The Balaban J connectivity index is 2.27. The largest absolute Gasteiger partial charge is 0.478 e. The molecule has 0 saturated carbocycles. The number of hydrogen-bond acceptors (Lipinski definition) is 5. The van der Waals surface area contributed by atoms with Crippen LogP contribution >= 0.6 is 0 Å². The Bertz CT molecular complexity index is 402. The van der Waals surface area contributed by atoms with E-state index in [0.717, 1.165) is 77.4 Å². The summed E-state index contributed by atoms with van der Waals surface area (Å²) in [6.07, 6.45) is 7.26. The summed E-state index contributed by atoms with van der Waals surface area (Å²) in [7, 11) is 0. The number of carboxylic acid groups (broad SMARTS) is 1. The maximum Gasteiger partial charge on any atom is 0.334 e. The van der Waals surface area contributed by atoms with Gasteiger partial charge in [-0.15, -0.1) is 0 Å². The fourth-order valence-corrected chi connectivity index (χ4v) is 2.64. The van der Waals surface area contributed by atoms with Crippen LogP contribution in [0.1, 0.15) is 51.9 Å². The van der Waals surface area contributed by atoms with Gasteiger partial charge in [0.1, 0.15) is 0 Å². The second-order valence-corrected chi connectivity index (χ2v) is 6.12. The van der Waals surface area contributed by atoms with Crippen molar-refractivity contribution in [3.05, 3.63) is 11.6 Å². The van der Waals surface area contributed by atoms with Gasteiger partial charge in [0, 0.05) is 24.7 Å². The predicted molar refractivity (Wildman–Crippen MR) is 91.9 cm³/mol. The minimum atomic E-state index is -1.10. The lowest BCUT2D eigenvalue weighted by Crippen LogP contribution is -2.36. The molecule has 0 unspecified atom stereocenters. The van der Waals surface area contributed by atoms with E-state index < -0.39 is 11.9 Å². The molecule has 0 aromatic rings. The molecule has 6 heteroatoms. The molecule has 1 rings (SSSR count). The van der Waals surface area contributed by atoms with Gasteiger partial charge in [-0.1, -0.05) is 26.2 Å². The number of ether oxygens (including phenoxy) is 2. The highest BCUT2D eigenvalue weighted by molar-refractivity contribution is 5.95. The first-order valence-electron chi connectivity index (χ1n) is 9.04. The van der Waals surface area contributed by atoms with Crippen LogP contribution in [-0.2, 0) is 19.1 Å². The molecule has 1 aliphatic rings. The Morgan fingerprint density at radius 3 is 2.54 bits per heavy atom. The summed E-state index contributed by atoms with van der Waals surface area (Å²) >= 11 is 0.